The second kappa shape index (κ2) is 5.49. The number of aromatic amines is 1. The van der Waals surface area contributed by atoms with Crippen LogP contribution in [0.1, 0.15) is 21.1 Å². The summed E-state index contributed by atoms with van der Waals surface area (Å²) in [6, 6.07) is 7.96. The van der Waals surface area contributed by atoms with Gasteiger partial charge in [-0.15, -0.1) is 11.3 Å². The number of carboxylic acid groups (broad SMARTS) is 1. The van der Waals surface area contributed by atoms with Gasteiger partial charge in [-0.2, -0.15) is 0 Å². The van der Waals surface area contributed by atoms with E-state index in [0.717, 1.165) is 21.8 Å². The smallest absolute Gasteiger partial charge is 0.352 e. The number of rotatable bonds is 4. The third-order valence-corrected chi connectivity index (χ3v) is 3.85. The number of H-pyrrole nitrogens is 1. The molecular weight excluding hydrogens is 291 g/mol. The van der Waals surface area contributed by atoms with Gasteiger partial charge in [-0.3, -0.25) is 0 Å². The zero-order valence-corrected chi connectivity index (χ0v) is 11.7. The molecule has 0 unspecified atom stereocenters. The van der Waals surface area contributed by atoms with Crippen molar-refractivity contribution in [3.8, 4) is 11.3 Å². The molecule has 0 aliphatic rings. The van der Waals surface area contributed by atoms with E-state index in [-0.39, 0.29) is 11.5 Å². The molecule has 0 aliphatic carbocycles. The number of hydrogen-bond donors (Lipinski definition) is 2. The summed E-state index contributed by atoms with van der Waals surface area (Å²) in [5.74, 6) is -1.27. The molecule has 1 aromatic carbocycles. The van der Waals surface area contributed by atoms with E-state index in [1.807, 2.05) is 11.4 Å². The van der Waals surface area contributed by atoms with Crippen LogP contribution in [-0.2, 0) is 6.42 Å². The first kappa shape index (κ1) is 13.5. The molecule has 0 radical (unpaired) electrons. The van der Waals surface area contributed by atoms with Gasteiger partial charge >= 0.3 is 5.97 Å². The third kappa shape index (κ3) is 3.00. The van der Waals surface area contributed by atoms with E-state index in [9.17, 15) is 9.18 Å². The van der Waals surface area contributed by atoms with Crippen LogP contribution < -0.4 is 0 Å². The molecule has 2 N–H and O–H groups in total. The lowest BCUT2D eigenvalue weighted by Crippen LogP contribution is -1.94. The zero-order valence-electron chi connectivity index (χ0n) is 10.8. The van der Waals surface area contributed by atoms with Gasteiger partial charge in [0, 0.05) is 23.6 Å². The van der Waals surface area contributed by atoms with Crippen LogP contribution in [0.15, 0.2) is 41.9 Å². The first-order valence-electron chi connectivity index (χ1n) is 6.23. The van der Waals surface area contributed by atoms with Crippen molar-refractivity contribution >= 4 is 17.3 Å². The van der Waals surface area contributed by atoms with E-state index in [4.69, 9.17) is 5.11 Å². The highest BCUT2D eigenvalue weighted by Gasteiger charge is 2.10. The summed E-state index contributed by atoms with van der Waals surface area (Å²) in [7, 11) is 0. The summed E-state index contributed by atoms with van der Waals surface area (Å²) in [5.41, 5.74) is 2.44. The molecule has 3 aromatic rings. The quantitative estimate of drug-likeness (QED) is 0.774. The Balaban J connectivity index is 1.81. The van der Waals surface area contributed by atoms with Gasteiger partial charge in [0.15, 0.2) is 0 Å². The molecule has 21 heavy (non-hydrogen) atoms. The van der Waals surface area contributed by atoms with Gasteiger partial charge in [-0.25, -0.2) is 14.2 Å². The van der Waals surface area contributed by atoms with Crippen LogP contribution in [0.2, 0.25) is 0 Å². The van der Waals surface area contributed by atoms with Gasteiger partial charge in [0.2, 0.25) is 0 Å². The second-order valence-corrected chi connectivity index (χ2v) is 5.48. The van der Waals surface area contributed by atoms with Crippen molar-refractivity contribution in [3.05, 3.63) is 64.0 Å². The Bertz CT molecular complexity index is 794. The van der Waals surface area contributed by atoms with Crippen molar-refractivity contribution in [1.82, 2.24) is 9.97 Å². The summed E-state index contributed by atoms with van der Waals surface area (Å²) in [5, 5.41) is 11.6. The minimum absolute atomic E-state index is 0.129. The van der Waals surface area contributed by atoms with Crippen molar-refractivity contribution in [2.45, 2.75) is 6.42 Å². The fourth-order valence-corrected chi connectivity index (χ4v) is 2.85. The molecular formula is C15H11FN2O2S. The van der Waals surface area contributed by atoms with Crippen molar-refractivity contribution in [1.29, 1.82) is 0 Å². The number of hydrogen-bond acceptors (Lipinski definition) is 3. The first-order valence-corrected chi connectivity index (χ1v) is 7.11. The minimum atomic E-state index is -1.00. The minimum Gasteiger partial charge on any atom is -0.477 e. The van der Waals surface area contributed by atoms with Crippen molar-refractivity contribution in [2.75, 3.05) is 0 Å². The number of carbonyl (C=O) groups is 1. The molecule has 0 amide bonds. The van der Waals surface area contributed by atoms with Gasteiger partial charge in [0.25, 0.3) is 0 Å². The first-order chi connectivity index (χ1) is 10.1. The van der Waals surface area contributed by atoms with Gasteiger partial charge < -0.3 is 10.1 Å². The van der Waals surface area contributed by atoms with Gasteiger partial charge in [0.1, 0.15) is 11.5 Å². The van der Waals surface area contributed by atoms with Crippen LogP contribution in [0.3, 0.4) is 0 Å². The number of halogens is 1. The number of nitrogens with zero attached hydrogens (tertiary/aromatic N) is 1. The normalized spacial score (nSPS) is 10.7. The summed E-state index contributed by atoms with van der Waals surface area (Å²) in [6.07, 6.45) is 2.17. The van der Waals surface area contributed by atoms with E-state index in [2.05, 4.69) is 9.97 Å². The Morgan fingerprint density at radius 3 is 2.95 bits per heavy atom. The second-order valence-electron chi connectivity index (χ2n) is 4.54. The lowest BCUT2D eigenvalue weighted by atomic mass is 10.1. The predicted octanol–water partition coefficient (Wildman–Crippen LogP) is 3.57. The number of carboxylic acids is 1. The van der Waals surface area contributed by atoms with Crippen LogP contribution >= 0.6 is 11.3 Å². The summed E-state index contributed by atoms with van der Waals surface area (Å²) in [6.45, 7) is 0. The molecule has 0 bridgehead atoms. The Hall–Kier alpha value is -2.47. The lowest BCUT2D eigenvalue weighted by Gasteiger charge is -1.97. The fraction of sp³-hybridized carbons (Fsp3) is 0.0667. The van der Waals surface area contributed by atoms with Crippen molar-refractivity contribution in [3.63, 3.8) is 0 Å². The van der Waals surface area contributed by atoms with E-state index in [0.29, 0.717) is 6.42 Å². The molecule has 0 saturated heterocycles. The average molecular weight is 302 g/mol. The van der Waals surface area contributed by atoms with Crippen LogP contribution in [0, 0.1) is 5.82 Å². The average Bonchev–Trinajstić information content (AvgIpc) is 3.06. The topological polar surface area (TPSA) is 66.0 Å². The number of aromatic carboxylic acids is 1. The summed E-state index contributed by atoms with van der Waals surface area (Å²) < 4.78 is 13.1. The number of benzene rings is 1. The van der Waals surface area contributed by atoms with Crippen LogP contribution in [0.4, 0.5) is 4.39 Å². The highest BCUT2D eigenvalue weighted by Crippen LogP contribution is 2.24. The molecule has 0 spiro atoms. The van der Waals surface area contributed by atoms with Crippen LogP contribution in [-0.4, -0.2) is 21.0 Å². The largest absolute Gasteiger partial charge is 0.477 e. The zero-order chi connectivity index (χ0) is 14.8. The number of nitrogens with one attached hydrogen (secondary N) is 1. The van der Waals surface area contributed by atoms with E-state index in [1.54, 1.807) is 18.3 Å². The molecule has 0 atom stereocenters. The highest BCUT2D eigenvalue weighted by atomic mass is 32.1. The third-order valence-electron chi connectivity index (χ3n) is 3.01. The van der Waals surface area contributed by atoms with Gasteiger partial charge in [-0.05, 0) is 23.8 Å². The molecule has 106 valence electrons. The monoisotopic (exact) mass is 302 g/mol. The number of thiazole rings is 1. The van der Waals surface area contributed by atoms with E-state index < -0.39 is 5.97 Å². The standard InChI is InChI=1S/C15H11FN2O2S/c16-11-3-1-2-9(4-11)5-14-18-13(8-21-14)10-6-12(15(19)20)17-7-10/h1-4,6-8,17H,5H2,(H,19,20). The fourth-order valence-electron chi connectivity index (χ4n) is 2.01. The molecule has 2 heterocycles. The van der Waals surface area contributed by atoms with Crippen LogP contribution in [0.25, 0.3) is 11.3 Å². The van der Waals surface area contributed by atoms with Crippen LogP contribution in [0.5, 0.6) is 0 Å². The lowest BCUT2D eigenvalue weighted by molar-refractivity contribution is 0.0691. The van der Waals surface area contributed by atoms with Gasteiger partial charge in [-0.1, -0.05) is 12.1 Å². The summed E-state index contributed by atoms with van der Waals surface area (Å²) in [4.78, 5) is 18.0. The highest BCUT2D eigenvalue weighted by molar-refractivity contribution is 7.10. The SMILES string of the molecule is O=C(O)c1cc(-c2csc(Cc3cccc(F)c3)n2)c[nH]1. The molecule has 6 heteroatoms. The molecule has 0 saturated carbocycles. The Kier molecular flexibility index (Phi) is 3.53. The predicted molar refractivity (Wildman–Crippen MR) is 78.1 cm³/mol. The molecule has 4 nitrogen and oxygen atoms in total. The maximum atomic E-state index is 13.1. The Morgan fingerprint density at radius 1 is 1.38 bits per heavy atom. The van der Waals surface area contributed by atoms with Gasteiger partial charge in [0.05, 0.1) is 10.7 Å². The molecule has 2 aromatic heterocycles. The van der Waals surface area contributed by atoms with Crippen molar-refractivity contribution in [2.24, 2.45) is 0 Å². The molecule has 0 fully saturated rings. The number of aromatic nitrogens is 2. The molecule has 0 aliphatic heterocycles. The Morgan fingerprint density at radius 2 is 2.24 bits per heavy atom. The maximum absolute atomic E-state index is 13.1. The molecule has 3 rings (SSSR count). The van der Waals surface area contributed by atoms with E-state index in [1.165, 1.54) is 23.5 Å². The Labute approximate surface area is 123 Å². The van der Waals surface area contributed by atoms with Crippen molar-refractivity contribution < 1.29 is 14.3 Å². The maximum Gasteiger partial charge on any atom is 0.352 e. The summed E-state index contributed by atoms with van der Waals surface area (Å²) >= 11 is 1.47. The van der Waals surface area contributed by atoms with E-state index >= 15 is 0 Å².